The first-order valence-electron chi connectivity index (χ1n) is 21.2. The third-order valence-corrected chi connectivity index (χ3v) is 13.6. The highest BCUT2D eigenvalue weighted by atomic mass is 32.2. The van der Waals surface area contributed by atoms with Gasteiger partial charge in [-0.25, -0.2) is 0 Å². The van der Waals surface area contributed by atoms with E-state index in [1.807, 2.05) is 38.6 Å². The van der Waals surface area contributed by atoms with Gasteiger partial charge in [-0.3, -0.25) is 0 Å². The summed E-state index contributed by atoms with van der Waals surface area (Å²) in [5.74, 6) is 3.65. The van der Waals surface area contributed by atoms with Crippen LogP contribution in [0, 0.1) is 46.3 Å². The standard InChI is InChI=1S/C34H58S.C9H19N.C4H8.C2H6.CH4/c1-13-15-19-30(24(5)23(3)4)35-28(9)31(32-29(14-2)22-33(32,10)11)26(7)25(6)27(8)34(12)20-17-16-18-21-34;1-6-9(7(2)3)10-8(4)5;1-3-4-2;1-2;/h26-27,29-32H,3,5-6,9,13-22H2,1-2,4,7-8,10-12H3;7,9-10H,4,6H2,1-3,5H3;3H,1,4H2,2H3;1-2H3;1H4. The molecule has 0 heterocycles. The zero-order valence-electron chi connectivity index (χ0n) is 37.3. The predicted octanol–water partition coefficient (Wildman–Crippen LogP) is 17.2. The van der Waals surface area contributed by atoms with Gasteiger partial charge in [-0.2, -0.15) is 0 Å². The van der Waals surface area contributed by atoms with Crippen molar-refractivity contribution in [3.05, 3.63) is 72.9 Å². The average molecular weight is 742 g/mol. The summed E-state index contributed by atoms with van der Waals surface area (Å²) in [6, 6.07) is 0.595. The maximum absolute atomic E-state index is 4.83. The first kappa shape index (κ1) is 54.9. The van der Waals surface area contributed by atoms with E-state index in [0.717, 1.165) is 30.0 Å². The van der Waals surface area contributed by atoms with Gasteiger partial charge in [0.2, 0.25) is 0 Å². The highest BCUT2D eigenvalue weighted by Crippen LogP contribution is 2.61. The second-order valence-corrected chi connectivity index (χ2v) is 18.4. The molecule has 2 rings (SSSR count). The second-order valence-electron chi connectivity index (χ2n) is 17.1. The number of hydrogen-bond donors (Lipinski definition) is 1. The molecule has 0 aliphatic heterocycles. The van der Waals surface area contributed by atoms with Gasteiger partial charge in [0.15, 0.2) is 0 Å². The predicted molar refractivity (Wildman–Crippen MR) is 247 cm³/mol. The fraction of sp³-hybridized carbons (Fsp3) is 0.760. The molecule has 2 saturated carbocycles. The molecule has 2 heteroatoms. The lowest BCUT2D eigenvalue weighted by Crippen LogP contribution is -2.50. The van der Waals surface area contributed by atoms with Crippen molar-refractivity contribution in [3.63, 3.8) is 0 Å². The number of rotatable bonds is 19. The highest BCUT2D eigenvalue weighted by Gasteiger charge is 2.52. The Balaban J connectivity index is -0.00000118. The van der Waals surface area contributed by atoms with E-state index >= 15 is 0 Å². The molecule has 0 saturated heterocycles. The number of thioether (sulfide) groups is 1. The van der Waals surface area contributed by atoms with E-state index in [0.29, 0.717) is 51.7 Å². The summed E-state index contributed by atoms with van der Waals surface area (Å²) in [7, 11) is 0. The van der Waals surface area contributed by atoms with Crippen molar-refractivity contribution >= 4 is 11.8 Å². The van der Waals surface area contributed by atoms with Gasteiger partial charge in [-0.05, 0) is 109 Å². The maximum Gasteiger partial charge on any atom is 0.0337 e. The summed E-state index contributed by atoms with van der Waals surface area (Å²) in [4.78, 5) is 1.37. The highest BCUT2D eigenvalue weighted by molar-refractivity contribution is 8.03. The van der Waals surface area contributed by atoms with Gasteiger partial charge in [0.1, 0.15) is 0 Å². The van der Waals surface area contributed by atoms with Crippen molar-refractivity contribution in [2.75, 3.05) is 0 Å². The van der Waals surface area contributed by atoms with Crippen LogP contribution in [-0.4, -0.2) is 11.3 Å². The molecule has 7 atom stereocenters. The smallest absolute Gasteiger partial charge is 0.0337 e. The van der Waals surface area contributed by atoms with Gasteiger partial charge in [-0.15, -0.1) is 18.3 Å². The van der Waals surface area contributed by atoms with Crippen molar-refractivity contribution in [1.29, 1.82) is 0 Å². The molecule has 0 spiro atoms. The van der Waals surface area contributed by atoms with Crippen LogP contribution in [0.2, 0.25) is 0 Å². The SMILES string of the molecule is C.C=C(C)C(=C)C(CCCC)SC(=C)C(C(C)C(=C)C(C)C1(C)CCCCC1)C1C(CC)CC1(C)C.C=C(C)NC(CC)C(C)C.C=CCC.CC. The van der Waals surface area contributed by atoms with E-state index in [1.165, 1.54) is 80.3 Å². The van der Waals surface area contributed by atoms with Crippen LogP contribution in [0.3, 0.4) is 0 Å². The zero-order chi connectivity index (χ0) is 40.1. The van der Waals surface area contributed by atoms with Crippen LogP contribution < -0.4 is 5.32 Å². The van der Waals surface area contributed by atoms with Crippen LogP contribution in [0.1, 0.15) is 188 Å². The molecule has 0 bridgehead atoms. The molecule has 7 unspecified atom stereocenters. The minimum atomic E-state index is 0. The van der Waals surface area contributed by atoms with Crippen LogP contribution in [0.4, 0.5) is 0 Å². The molecular formula is C50H95NS. The van der Waals surface area contributed by atoms with E-state index in [4.69, 9.17) is 13.2 Å². The minimum absolute atomic E-state index is 0. The summed E-state index contributed by atoms with van der Waals surface area (Å²) in [5, 5.41) is 3.72. The molecule has 0 amide bonds. The normalized spacial score (nSPS) is 21.1. The monoisotopic (exact) mass is 742 g/mol. The second kappa shape index (κ2) is 28.1. The van der Waals surface area contributed by atoms with Gasteiger partial charge >= 0.3 is 0 Å². The lowest BCUT2D eigenvalue weighted by molar-refractivity contribution is -0.0546. The Morgan fingerprint density at radius 3 is 1.75 bits per heavy atom. The Morgan fingerprint density at radius 2 is 1.40 bits per heavy atom. The molecule has 0 aromatic heterocycles. The summed E-state index contributed by atoms with van der Waals surface area (Å²) in [6.07, 6.45) is 17.2. The summed E-state index contributed by atoms with van der Waals surface area (Å²) in [5.41, 5.74) is 5.64. The molecule has 2 fully saturated rings. The van der Waals surface area contributed by atoms with Crippen molar-refractivity contribution < 1.29 is 0 Å². The van der Waals surface area contributed by atoms with Crippen LogP contribution >= 0.6 is 11.8 Å². The Bertz CT molecular complexity index is 1040. The Hall–Kier alpha value is -1.41. The molecule has 0 aromatic rings. The molecule has 0 radical (unpaired) electrons. The number of hydrogen-bond acceptors (Lipinski definition) is 2. The van der Waals surface area contributed by atoms with Crippen LogP contribution in [0.25, 0.3) is 0 Å². The number of nitrogens with one attached hydrogen (secondary N) is 1. The van der Waals surface area contributed by atoms with Crippen molar-refractivity contribution in [1.82, 2.24) is 5.32 Å². The summed E-state index contributed by atoms with van der Waals surface area (Å²) < 4.78 is 0. The van der Waals surface area contributed by atoms with Crippen molar-refractivity contribution in [2.24, 2.45) is 46.3 Å². The van der Waals surface area contributed by atoms with Crippen LogP contribution in [-0.2, 0) is 0 Å². The van der Waals surface area contributed by atoms with E-state index in [9.17, 15) is 0 Å². The number of unbranched alkanes of at least 4 members (excludes halogenated alkanes) is 1. The van der Waals surface area contributed by atoms with Crippen LogP contribution in [0.5, 0.6) is 0 Å². The maximum atomic E-state index is 4.83. The molecule has 1 nitrogen and oxygen atoms in total. The van der Waals surface area contributed by atoms with E-state index in [1.54, 1.807) is 0 Å². The molecule has 306 valence electrons. The molecule has 2 aliphatic carbocycles. The lowest BCUT2D eigenvalue weighted by atomic mass is 9.48. The lowest BCUT2D eigenvalue weighted by Gasteiger charge is -2.57. The van der Waals surface area contributed by atoms with Gasteiger partial charge in [0, 0.05) is 17.0 Å². The van der Waals surface area contributed by atoms with Gasteiger partial charge in [0.25, 0.3) is 0 Å². The van der Waals surface area contributed by atoms with Crippen molar-refractivity contribution in [2.45, 2.75) is 200 Å². The van der Waals surface area contributed by atoms with Crippen molar-refractivity contribution in [3.8, 4) is 0 Å². The molecular weight excluding hydrogens is 647 g/mol. The summed E-state index contributed by atoms with van der Waals surface area (Å²) in [6.45, 7) is 59.6. The van der Waals surface area contributed by atoms with Gasteiger partial charge < -0.3 is 5.32 Å². The van der Waals surface area contributed by atoms with E-state index in [-0.39, 0.29) is 7.43 Å². The molecule has 1 N–H and O–H groups in total. The third-order valence-electron chi connectivity index (χ3n) is 12.2. The van der Waals surface area contributed by atoms with Crippen LogP contribution in [0.15, 0.2) is 72.9 Å². The van der Waals surface area contributed by atoms with E-state index in [2.05, 4.69) is 115 Å². The Morgan fingerprint density at radius 1 is 0.885 bits per heavy atom. The fourth-order valence-electron chi connectivity index (χ4n) is 8.54. The molecule has 2 aliphatic rings. The Kier molecular flexibility index (Phi) is 29.6. The van der Waals surface area contributed by atoms with Gasteiger partial charge in [-0.1, -0.05) is 186 Å². The third kappa shape index (κ3) is 17.8. The molecule has 0 aromatic carbocycles. The van der Waals surface area contributed by atoms with Gasteiger partial charge in [0.05, 0.1) is 0 Å². The first-order valence-corrected chi connectivity index (χ1v) is 22.1. The quantitative estimate of drug-likeness (QED) is 0.104. The number of allylic oxidation sites excluding steroid dienone is 5. The Labute approximate surface area is 334 Å². The largest absolute Gasteiger partial charge is 0.386 e. The topological polar surface area (TPSA) is 12.0 Å². The fourth-order valence-corrected chi connectivity index (χ4v) is 10.0. The zero-order valence-corrected chi connectivity index (χ0v) is 38.1. The first-order chi connectivity index (χ1) is 23.8. The minimum Gasteiger partial charge on any atom is -0.386 e. The average Bonchev–Trinajstić information content (AvgIpc) is 3.10. The summed E-state index contributed by atoms with van der Waals surface area (Å²) >= 11 is 2.02. The molecule has 52 heavy (non-hydrogen) atoms. The van der Waals surface area contributed by atoms with E-state index < -0.39 is 0 Å².